The summed E-state index contributed by atoms with van der Waals surface area (Å²) in [5.74, 6) is 2.39. The molecule has 0 aliphatic rings. The average Bonchev–Trinajstić information content (AvgIpc) is 3.18. The van der Waals surface area contributed by atoms with E-state index < -0.39 is 0 Å². The van der Waals surface area contributed by atoms with Crippen molar-refractivity contribution in [2.75, 3.05) is 45.3 Å². The van der Waals surface area contributed by atoms with Crippen LogP contribution in [0.5, 0.6) is 11.5 Å². The van der Waals surface area contributed by atoms with Crippen LogP contribution in [-0.4, -0.2) is 51.3 Å². The number of benzene rings is 1. The second-order valence-corrected chi connectivity index (χ2v) is 7.37. The van der Waals surface area contributed by atoms with Gasteiger partial charge in [-0.15, -0.1) is 35.3 Å². The summed E-state index contributed by atoms with van der Waals surface area (Å²) in [5.41, 5.74) is 2.17. The number of halogens is 1. The number of rotatable bonds is 11. The topological polar surface area (TPSA) is 71.0 Å². The molecule has 1 aromatic heterocycles. The van der Waals surface area contributed by atoms with Crippen LogP contribution < -0.4 is 25.0 Å². The minimum atomic E-state index is 0. The third-order valence-corrected chi connectivity index (χ3v) is 5.04. The summed E-state index contributed by atoms with van der Waals surface area (Å²) in [6, 6.07) is 6.11. The van der Waals surface area contributed by atoms with E-state index in [2.05, 4.69) is 45.0 Å². The average molecular weight is 548 g/mol. The third kappa shape index (κ3) is 8.55. The van der Waals surface area contributed by atoms with Gasteiger partial charge < -0.3 is 25.0 Å². The zero-order valence-electron chi connectivity index (χ0n) is 18.5. The molecule has 0 fully saturated rings. The Morgan fingerprint density at radius 1 is 1.10 bits per heavy atom. The Kier molecular flexibility index (Phi) is 12.5. The molecule has 0 saturated heterocycles. The molecule has 0 saturated carbocycles. The Hall–Kier alpha value is -1.75. The zero-order valence-corrected chi connectivity index (χ0v) is 21.7. The Morgan fingerprint density at radius 2 is 1.83 bits per heavy atom. The van der Waals surface area contributed by atoms with Crippen LogP contribution in [0, 0.1) is 0 Å². The summed E-state index contributed by atoms with van der Waals surface area (Å²) in [6.45, 7) is 9.38. The zero-order chi connectivity index (χ0) is 21.1. The smallest absolute Gasteiger partial charge is 0.191 e. The molecule has 0 aliphatic carbocycles. The molecule has 2 aromatic rings. The SMILES string of the molecule is CCNC(=NCc1csc(N(C)C)n1)NCCc1ccc(OCC)c(OCC)c1.I. The largest absolute Gasteiger partial charge is 0.490 e. The normalized spacial score (nSPS) is 10.9. The molecule has 168 valence electrons. The maximum absolute atomic E-state index is 5.71. The predicted octanol–water partition coefficient (Wildman–Crippen LogP) is 3.92. The van der Waals surface area contributed by atoms with Crippen molar-refractivity contribution in [3.8, 4) is 11.5 Å². The number of hydrogen-bond donors (Lipinski definition) is 2. The van der Waals surface area contributed by atoms with E-state index in [4.69, 9.17) is 9.47 Å². The van der Waals surface area contributed by atoms with E-state index in [0.717, 1.165) is 47.8 Å². The van der Waals surface area contributed by atoms with Gasteiger partial charge in [-0.2, -0.15) is 0 Å². The van der Waals surface area contributed by atoms with Gasteiger partial charge in [-0.05, 0) is 44.9 Å². The van der Waals surface area contributed by atoms with Crippen molar-refractivity contribution in [2.24, 2.45) is 4.99 Å². The number of nitrogens with zero attached hydrogens (tertiary/aromatic N) is 3. The highest BCUT2D eigenvalue weighted by Gasteiger charge is 2.07. The molecule has 0 spiro atoms. The molecule has 0 aliphatic heterocycles. The van der Waals surface area contributed by atoms with Crippen LogP contribution in [0.15, 0.2) is 28.6 Å². The first-order valence-corrected chi connectivity index (χ1v) is 11.0. The third-order valence-electron chi connectivity index (χ3n) is 3.98. The fourth-order valence-electron chi connectivity index (χ4n) is 2.65. The van der Waals surface area contributed by atoms with E-state index >= 15 is 0 Å². The van der Waals surface area contributed by atoms with Gasteiger partial charge >= 0.3 is 0 Å². The molecule has 7 nitrogen and oxygen atoms in total. The van der Waals surface area contributed by atoms with Crippen molar-refractivity contribution < 1.29 is 9.47 Å². The number of guanidine groups is 1. The molecule has 9 heteroatoms. The van der Waals surface area contributed by atoms with Crippen molar-refractivity contribution in [2.45, 2.75) is 33.7 Å². The van der Waals surface area contributed by atoms with Crippen LogP contribution >= 0.6 is 35.3 Å². The monoisotopic (exact) mass is 547 g/mol. The van der Waals surface area contributed by atoms with Gasteiger partial charge in [-0.1, -0.05) is 6.07 Å². The lowest BCUT2D eigenvalue weighted by molar-refractivity contribution is 0.287. The fraction of sp³-hybridized carbons (Fsp3) is 0.524. The van der Waals surface area contributed by atoms with E-state index in [1.807, 2.05) is 38.9 Å². The molecule has 0 unspecified atom stereocenters. The Balaban J connectivity index is 0.00000450. The van der Waals surface area contributed by atoms with Crippen LogP contribution in [0.3, 0.4) is 0 Å². The number of aliphatic imine (C=N–C) groups is 1. The summed E-state index contributed by atoms with van der Waals surface area (Å²) < 4.78 is 11.3. The summed E-state index contributed by atoms with van der Waals surface area (Å²) in [7, 11) is 3.99. The van der Waals surface area contributed by atoms with Crippen molar-refractivity contribution in [1.29, 1.82) is 0 Å². The number of aromatic nitrogens is 1. The fourth-order valence-corrected chi connectivity index (χ4v) is 3.40. The highest BCUT2D eigenvalue weighted by atomic mass is 127. The summed E-state index contributed by atoms with van der Waals surface area (Å²) in [5, 5.41) is 9.73. The molecule has 2 rings (SSSR count). The molecule has 1 heterocycles. The quantitative estimate of drug-likeness (QED) is 0.253. The van der Waals surface area contributed by atoms with Gasteiger partial charge in [-0.25, -0.2) is 9.98 Å². The predicted molar refractivity (Wildman–Crippen MR) is 137 cm³/mol. The van der Waals surface area contributed by atoms with Crippen molar-refractivity contribution in [3.05, 3.63) is 34.8 Å². The molecule has 0 atom stereocenters. The molecular formula is C21H34IN5O2S. The van der Waals surface area contributed by atoms with E-state index in [1.165, 1.54) is 5.56 Å². The number of thiazole rings is 1. The number of hydrogen-bond acceptors (Lipinski definition) is 6. The Morgan fingerprint density at radius 3 is 2.47 bits per heavy atom. The lowest BCUT2D eigenvalue weighted by Crippen LogP contribution is -2.38. The second kappa shape index (κ2) is 14.3. The highest BCUT2D eigenvalue weighted by molar-refractivity contribution is 14.0. The summed E-state index contributed by atoms with van der Waals surface area (Å²) in [6.07, 6.45) is 0.859. The molecule has 0 radical (unpaired) electrons. The second-order valence-electron chi connectivity index (χ2n) is 6.53. The number of anilines is 1. The van der Waals surface area contributed by atoms with Crippen molar-refractivity contribution in [3.63, 3.8) is 0 Å². The van der Waals surface area contributed by atoms with Gasteiger partial charge in [-0.3, -0.25) is 0 Å². The molecule has 0 bridgehead atoms. The van der Waals surface area contributed by atoms with E-state index in [0.29, 0.717) is 19.8 Å². The Bertz CT molecular complexity index is 783. The maximum atomic E-state index is 5.71. The van der Waals surface area contributed by atoms with E-state index in [9.17, 15) is 0 Å². The standard InChI is InChI=1S/C21H33N5O2S.HI/c1-6-22-20(24-14-17-15-29-21(25-17)26(4)5)23-12-11-16-9-10-18(27-7-2)19(13-16)28-8-3;/h9-10,13,15H,6-8,11-12,14H2,1-5H3,(H2,22,23,24);1H. The number of nitrogens with one attached hydrogen (secondary N) is 2. The van der Waals surface area contributed by atoms with Crippen LogP contribution in [0.25, 0.3) is 0 Å². The highest BCUT2D eigenvalue weighted by Crippen LogP contribution is 2.28. The molecular weight excluding hydrogens is 513 g/mol. The van der Waals surface area contributed by atoms with Gasteiger partial charge in [0.15, 0.2) is 22.6 Å². The van der Waals surface area contributed by atoms with Crippen LogP contribution in [0.4, 0.5) is 5.13 Å². The van der Waals surface area contributed by atoms with Crippen LogP contribution in [-0.2, 0) is 13.0 Å². The minimum absolute atomic E-state index is 0. The summed E-state index contributed by atoms with van der Waals surface area (Å²) >= 11 is 1.63. The van der Waals surface area contributed by atoms with Crippen molar-refractivity contribution >= 4 is 46.4 Å². The van der Waals surface area contributed by atoms with Gasteiger partial charge in [0.1, 0.15) is 0 Å². The molecule has 2 N–H and O–H groups in total. The first-order chi connectivity index (χ1) is 14.1. The van der Waals surface area contributed by atoms with Gasteiger partial charge in [0.25, 0.3) is 0 Å². The Labute approximate surface area is 201 Å². The molecule has 1 aromatic carbocycles. The van der Waals surface area contributed by atoms with Gasteiger partial charge in [0.05, 0.1) is 25.5 Å². The summed E-state index contributed by atoms with van der Waals surface area (Å²) in [4.78, 5) is 11.2. The molecule has 0 amide bonds. The van der Waals surface area contributed by atoms with E-state index in [1.54, 1.807) is 11.3 Å². The maximum Gasteiger partial charge on any atom is 0.191 e. The lowest BCUT2D eigenvalue weighted by Gasteiger charge is -2.14. The van der Waals surface area contributed by atoms with Crippen LogP contribution in [0.1, 0.15) is 32.0 Å². The minimum Gasteiger partial charge on any atom is -0.490 e. The lowest BCUT2D eigenvalue weighted by atomic mass is 10.1. The van der Waals surface area contributed by atoms with E-state index in [-0.39, 0.29) is 24.0 Å². The van der Waals surface area contributed by atoms with Gasteiger partial charge in [0, 0.05) is 32.6 Å². The van der Waals surface area contributed by atoms with Crippen molar-refractivity contribution in [1.82, 2.24) is 15.6 Å². The molecule has 30 heavy (non-hydrogen) atoms. The van der Waals surface area contributed by atoms with Gasteiger partial charge in [0.2, 0.25) is 0 Å². The first kappa shape index (κ1) is 26.3. The first-order valence-electron chi connectivity index (χ1n) is 10.1. The van der Waals surface area contributed by atoms with Crippen LogP contribution in [0.2, 0.25) is 0 Å². The number of ether oxygens (including phenoxy) is 2.